The minimum absolute atomic E-state index is 0.177. The van der Waals surface area contributed by atoms with E-state index in [4.69, 9.17) is 11.6 Å². The molecule has 1 saturated carbocycles. The lowest BCUT2D eigenvalue weighted by atomic mass is 10.6. The highest BCUT2D eigenvalue weighted by Crippen LogP contribution is 2.33. The van der Waals surface area contributed by atoms with Crippen molar-refractivity contribution in [2.45, 2.75) is 23.1 Å². The van der Waals surface area contributed by atoms with E-state index in [9.17, 15) is 8.42 Å². The fourth-order valence-electron chi connectivity index (χ4n) is 1.47. The van der Waals surface area contributed by atoms with Gasteiger partial charge in [0.1, 0.15) is 4.21 Å². The average molecular weight is 266 g/mol. The molecule has 1 aromatic heterocycles. The topological polar surface area (TPSA) is 37.4 Å². The molecular formula is C9H12ClNO2S2. The minimum atomic E-state index is -3.29. The molecule has 6 heteroatoms. The lowest BCUT2D eigenvalue weighted by Gasteiger charge is -2.19. The van der Waals surface area contributed by atoms with Gasteiger partial charge in [0.15, 0.2) is 0 Å². The Morgan fingerprint density at radius 2 is 2.27 bits per heavy atom. The van der Waals surface area contributed by atoms with Crippen LogP contribution in [0.1, 0.15) is 12.8 Å². The summed E-state index contributed by atoms with van der Waals surface area (Å²) in [7, 11) is -3.29. The van der Waals surface area contributed by atoms with Gasteiger partial charge in [-0.05, 0) is 24.3 Å². The van der Waals surface area contributed by atoms with Crippen LogP contribution in [-0.2, 0) is 10.0 Å². The summed E-state index contributed by atoms with van der Waals surface area (Å²) in [5.41, 5.74) is 0. The predicted molar refractivity (Wildman–Crippen MR) is 62.0 cm³/mol. The lowest BCUT2D eigenvalue weighted by Crippen LogP contribution is -2.34. The number of nitrogens with zero attached hydrogens (tertiary/aromatic N) is 1. The maximum absolute atomic E-state index is 12.1. The summed E-state index contributed by atoms with van der Waals surface area (Å²) in [5, 5.41) is 1.78. The summed E-state index contributed by atoms with van der Waals surface area (Å²) in [5.74, 6) is 0.348. The minimum Gasteiger partial charge on any atom is -0.206 e. The van der Waals surface area contributed by atoms with Crippen LogP contribution in [0.25, 0.3) is 0 Å². The molecule has 3 nitrogen and oxygen atoms in total. The molecule has 1 aromatic rings. The molecule has 0 bridgehead atoms. The monoisotopic (exact) mass is 265 g/mol. The smallest absolute Gasteiger partial charge is 0.206 e. The number of halogens is 1. The maximum Gasteiger partial charge on any atom is 0.252 e. The third kappa shape index (κ3) is 2.36. The molecule has 0 atom stereocenters. The van der Waals surface area contributed by atoms with Crippen molar-refractivity contribution in [2.24, 2.45) is 0 Å². The highest BCUT2D eigenvalue weighted by Gasteiger charge is 2.37. The maximum atomic E-state index is 12.1. The van der Waals surface area contributed by atoms with Crippen LogP contribution in [0.5, 0.6) is 0 Å². The van der Waals surface area contributed by atoms with Gasteiger partial charge in [-0.3, -0.25) is 0 Å². The zero-order chi connectivity index (χ0) is 10.9. The number of alkyl halides is 1. The molecule has 1 aliphatic rings. The molecule has 2 rings (SSSR count). The van der Waals surface area contributed by atoms with Crippen LogP contribution < -0.4 is 0 Å². The van der Waals surface area contributed by atoms with E-state index in [2.05, 4.69) is 0 Å². The van der Waals surface area contributed by atoms with Gasteiger partial charge < -0.3 is 0 Å². The number of hydrogen-bond donors (Lipinski definition) is 0. The van der Waals surface area contributed by atoms with Crippen LogP contribution in [0.15, 0.2) is 21.7 Å². The first-order valence-electron chi connectivity index (χ1n) is 4.77. The molecule has 1 heterocycles. The fourth-order valence-corrected chi connectivity index (χ4v) is 4.56. The summed E-state index contributed by atoms with van der Waals surface area (Å²) < 4.78 is 26.2. The highest BCUT2D eigenvalue weighted by atomic mass is 35.5. The quantitative estimate of drug-likeness (QED) is 0.765. The molecule has 1 fully saturated rings. The molecule has 1 aliphatic carbocycles. The van der Waals surface area contributed by atoms with E-state index < -0.39 is 10.0 Å². The van der Waals surface area contributed by atoms with E-state index in [0.717, 1.165) is 12.8 Å². The largest absolute Gasteiger partial charge is 0.252 e. The van der Waals surface area contributed by atoms with Crippen molar-refractivity contribution in [3.63, 3.8) is 0 Å². The Balaban J connectivity index is 2.26. The molecule has 0 aromatic carbocycles. The van der Waals surface area contributed by atoms with Gasteiger partial charge in [-0.1, -0.05) is 6.07 Å². The Morgan fingerprint density at radius 1 is 1.53 bits per heavy atom. The van der Waals surface area contributed by atoms with Gasteiger partial charge in [0.25, 0.3) is 10.0 Å². The molecule has 0 radical (unpaired) electrons. The van der Waals surface area contributed by atoms with Crippen molar-refractivity contribution in [1.82, 2.24) is 4.31 Å². The van der Waals surface area contributed by atoms with Gasteiger partial charge >= 0.3 is 0 Å². The molecule has 15 heavy (non-hydrogen) atoms. The Labute approximate surface area is 98.7 Å². The Kier molecular flexibility index (Phi) is 3.35. The second-order valence-electron chi connectivity index (χ2n) is 3.47. The van der Waals surface area contributed by atoms with Crippen LogP contribution in [0.2, 0.25) is 0 Å². The van der Waals surface area contributed by atoms with Gasteiger partial charge in [-0.15, -0.1) is 22.9 Å². The van der Waals surface area contributed by atoms with Crippen molar-refractivity contribution in [3.05, 3.63) is 17.5 Å². The first kappa shape index (κ1) is 11.4. The highest BCUT2D eigenvalue weighted by molar-refractivity contribution is 7.91. The van der Waals surface area contributed by atoms with Crippen molar-refractivity contribution < 1.29 is 8.42 Å². The molecule has 0 aliphatic heterocycles. The third-order valence-electron chi connectivity index (χ3n) is 2.32. The average Bonchev–Trinajstić information content (AvgIpc) is 2.86. The second-order valence-corrected chi connectivity index (χ2v) is 6.91. The van der Waals surface area contributed by atoms with Gasteiger partial charge in [0.05, 0.1) is 0 Å². The fraction of sp³-hybridized carbons (Fsp3) is 0.556. The summed E-state index contributed by atoms with van der Waals surface area (Å²) in [4.78, 5) is 0. The third-order valence-corrected chi connectivity index (χ3v) is 5.81. The number of sulfonamides is 1. The van der Waals surface area contributed by atoms with E-state index in [-0.39, 0.29) is 6.04 Å². The number of thiophene rings is 1. The number of rotatable bonds is 5. The van der Waals surface area contributed by atoms with Crippen LogP contribution in [0, 0.1) is 0 Å². The van der Waals surface area contributed by atoms with E-state index in [1.54, 1.807) is 17.5 Å². The molecule has 0 amide bonds. The lowest BCUT2D eigenvalue weighted by molar-refractivity contribution is 0.424. The van der Waals surface area contributed by atoms with E-state index >= 15 is 0 Å². The van der Waals surface area contributed by atoms with Crippen LogP contribution in [0.4, 0.5) is 0 Å². The van der Waals surface area contributed by atoms with Crippen LogP contribution >= 0.6 is 22.9 Å². The molecule has 0 unspecified atom stereocenters. The predicted octanol–water partition coefficient (Wildman–Crippen LogP) is 2.14. The Hall–Kier alpha value is -0.100. The zero-order valence-corrected chi connectivity index (χ0v) is 10.5. The molecule has 84 valence electrons. The van der Waals surface area contributed by atoms with Crippen LogP contribution in [-0.4, -0.2) is 31.2 Å². The standard InChI is InChI=1S/C9H12ClNO2S2/c10-5-6-11(8-3-4-8)15(12,13)9-2-1-7-14-9/h1-2,7-8H,3-6H2. The number of hydrogen-bond acceptors (Lipinski definition) is 3. The normalized spacial score (nSPS) is 17.2. The van der Waals surface area contributed by atoms with Crippen molar-refractivity contribution in [1.29, 1.82) is 0 Å². The second kappa shape index (κ2) is 4.41. The summed E-state index contributed by atoms with van der Waals surface area (Å²) in [6.45, 7) is 0.409. The van der Waals surface area contributed by atoms with E-state index in [1.807, 2.05) is 0 Å². The van der Waals surface area contributed by atoms with E-state index in [0.29, 0.717) is 16.6 Å². The Morgan fingerprint density at radius 3 is 2.73 bits per heavy atom. The molecule has 0 saturated heterocycles. The zero-order valence-electron chi connectivity index (χ0n) is 8.10. The summed E-state index contributed by atoms with van der Waals surface area (Å²) in [6, 6.07) is 3.57. The Bertz CT molecular complexity index is 411. The van der Waals surface area contributed by atoms with Crippen molar-refractivity contribution >= 4 is 33.0 Å². The molecular weight excluding hydrogens is 254 g/mol. The summed E-state index contributed by atoms with van der Waals surface area (Å²) >= 11 is 6.89. The first-order chi connectivity index (χ1) is 7.16. The van der Waals surface area contributed by atoms with Gasteiger partial charge in [0, 0.05) is 18.5 Å². The summed E-state index contributed by atoms with van der Waals surface area (Å²) in [6.07, 6.45) is 1.92. The SMILES string of the molecule is O=S(=O)(c1cccs1)N(CCCl)C1CC1. The molecule has 0 spiro atoms. The first-order valence-corrected chi connectivity index (χ1v) is 7.63. The van der Waals surface area contributed by atoms with Crippen molar-refractivity contribution in [3.8, 4) is 0 Å². The molecule has 0 N–H and O–H groups in total. The van der Waals surface area contributed by atoms with Gasteiger partial charge in [0.2, 0.25) is 0 Å². The van der Waals surface area contributed by atoms with Gasteiger partial charge in [-0.2, -0.15) is 4.31 Å². The van der Waals surface area contributed by atoms with E-state index in [1.165, 1.54) is 15.6 Å². The van der Waals surface area contributed by atoms with Crippen molar-refractivity contribution in [2.75, 3.05) is 12.4 Å². The van der Waals surface area contributed by atoms with Gasteiger partial charge in [-0.25, -0.2) is 8.42 Å². The van der Waals surface area contributed by atoms with Crippen LogP contribution in [0.3, 0.4) is 0 Å².